The van der Waals surface area contributed by atoms with Gasteiger partial charge in [0, 0.05) is 11.6 Å². The number of hydrogen-bond donors (Lipinski definition) is 2. The van der Waals surface area contributed by atoms with Gasteiger partial charge < -0.3 is 10.6 Å². The van der Waals surface area contributed by atoms with Crippen LogP contribution in [0.5, 0.6) is 0 Å². The van der Waals surface area contributed by atoms with Crippen LogP contribution in [0.1, 0.15) is 39.5 Å². The molecule has 2 aliphatic carbocycles. The van der Waals surface area contributed by atoms with Gasteiger partial charge >= 0.3 is 0 Å². The Hall–Kier alpha value is -0.730. The lowest BCUT2D eigenvalue weighted by molar-refractivity contribution is 0.378. The maximum Gasteiger partial charge on any atom is 0.192 e. The summed E-state index contributed by atoms with van der Waals surface area (Å²) in [6.45, 7) is 5.51. The molecule has 0 saturated heterocycles. The molecule has 0 spiro atoms. The lowest BCUT2D eigenvalue weighted by Crippen LogP contribution is -2.48. The van der Waals surface area contributed by atoms with Gasteiger partial charge in [-0.25, -0.2) is 0 Å². The van der Waals surface area contributed by atoms with E-state index in [-0.39, 0.29) is 0 Å². The van der Waals surface area contributed by atoms with Gasteiger partial charge in [0.05, 0.1) is 6.54 Å². The third-order valence-corrected chi connectivity index (χ3v) is 4.17. The number of rotatable bonds is 2. The number of nitrogens with zero attached hydrogens (tertiary/aromatic N) is 1. The second kappa shape index (κ2) is 2.44. The van der Waals surface area contributed by atoms with Gasteiger partial charge in [-0.1, -0.05) is 6.92 Å². The minimum absolute atomic E-state index is 0.406. The summed E-state index contributed by atoms with van der Waals surface area (Å²) in [5.74, 6) is 1.04. The molecule has 3 aliphatic rings. The standard InChI is InChI=1S/C11H19N3/c1-8-7-12-9(13-8)14-11(5-6-11)10(2)3-4-10/h8H,3-7H2,1-2H3,(H2,12,13,14). The molecule has 1 heterocycles. The Bertz CT molecular complexity index is 287. The van der Waals surface area contributed by atoms with Crippen LogP contribution in [-0.2, 0) is 0 Å². The molecule has 0 bridgehead atoms. The van der Waals surface area contributed by atoms with Crippen LogP contribution in [0.3, 0.4) is 0 Å². The highest BCUT2D eigenvalue weighted by Gasteiger charge is 2.63. The van der Waals surface area contributed by atoms with Crippen LogP contribution in [-0.4, -0.2) is 24.1 Å². The monoisotopic (exact) mass is 193 g/mol. The van der Waals surface area contributed by atoms with Gasteiger partial charge in [-0.3, -0.25) is 4.99 Å². The predicted molar refractivity (Wildman–Crippen MR) is 57.3 cm³/mol. The molecule has 3 nitrogen and oxygen atoms in total. The summed E-state index contributed by atoms with van der Waals surface area (Å²) in [7, 11) is 0. The van der Waals surface area contributed by atoms with E-state index in [2.05, 4.69) is 29.5 Å². The highest BCUT2D eigenvalue weighted by atomic mass is 15.3. The first-order valence-corrected chi connectivity index (χ1v) is 5.73. The number of nitrogens with one attached hydrogen (secondary N) is 2. The zero-order chi connectivity index (χ0) is 9.81. The second-order valence-electron chi connectivity index (χ2n) is 5.50. The molecule has 1 atom stereocenters. The van der Waals surface area contributed by atoms with E-state index in [9.17, 15) is 0 Å². The summed E-state index contributed by atoms with van der Waals surface area (Å²) in [5.41, 5.74) is 0.978. The molecule has 1 aliphatic heterocycles. The molecule has 0 amide bonds. The van der Waals surface area contributed by atoms with E-state index in [1.807, 2.05) is 0 Å². The zero-order valence-corrected chi connectivity index (χ0v) is 9.06. The largest absolute Gasteiger partial charge is 0.352 e. The van der Waals surface area contributed by atoms with Gasteiger partial charge in [-0.05, 0) is 38.0 Å². The van der Waals surface area contributed by atoms with Crippen LogP contribution in [0.25, 0.3) is 0 Å². The molecule has 0 radical (unpaired) electrons. The Kier molecular flexibility index (Phi) is 1.49. The molecule has 0 aromatic heterocycles. The molecular formula is C11H19N3. The Balaban J connectivity index is 1.67. The fourth-order valence-electron chi connectivity index (χ4n) is 2.53. The molecule has 2 fully saturated rings. The van der Waals surface area contributed by atoms with E-state index < -0.39 is 0 Å². The normalized spacial score (nSPS) is 35.9. The van der Waals surface area contributed by atoms with Crippen LogP contribution < -0.4 is 10.6 Å². The van der Waals surface area contributed by atoms with Crippen molar-refractivity contribution >= 4 is 5.96 Å². The maximum atomic E-state index is 4.48. The first kappa shape index (κ1) is 8.57. The minimum atomic E-state index is 0.406. The first-order chi connectivity index (χ1) is 6.64. The summed E-state index contributed by atoms with van der Waals surface area (Å²) < 4.78 is 0. The van der Waals surface area contributed by atoms with Gasteiger partial charge in [-0.2, -0.15) is 0 Å². The molecule has 2 saturated carbocycles. The van der Waals surface area contributed by atoms with Crippen molar-refractivity contribution in [2.75, 3.05) is 6.54 Å². The molecule has 14 heavy (non-hydrogen) atoms. The van der Waals surface area contributed by atoms with E-state index in [1.54, 1.807) is 0 Å². The number of aliphatic imine (C=N–C) groups is 1. The van der Waals surface area contributed by atoms with Crippen molar-refractivity contribution in [1.29, 1.82) is 0 Å². The van der Waals surface area contributed by atoms with E-state index in [0.717, 1.165) is 12.5 Å². The lowest BCUT2D eigenvalue weighted by Gasteiger charge is -2.25. The van der Waals surface area contributed by atoms with Gasteiger partial charge in [-0.15, -0.1) is 0 Å². The predicted octanol–water partition coefficient (Wildman–Crippen LogP) is 1.26. The van der Waals surface area contributed by atoms with Crippen molar-refractivity contribution in [2.45, 2.75) is 51.1 Å². The summed E-state index contributed by atoms with van der Waals surface area (Å²) >= 11 is 0. The van der Waals surface area contributed by atoms with Gasteiger partial charge in [0.2, 0.25) is 0 Å². The Morgan fingerprint density at radius 1 is 1.36 bits per heavy atom. The lowest BCUT2D eigenvalue weighted by atomic mass is 9.96. The van der Waals surface area contributed by atoms with E-state index in [4.69, 9.17) is 0 Å². The highest BCUT2D eigenvalue weighted by molar-refractivity contribution is 5.83. The molecule has 0 aromatic carbocycles. The third-order valence-electron chi connectivity index (χ3n) is 4.17. The fourth-order valence-corrected chi connectivity index (χ4v) is 2.53. The first-order valence-electron chi connectivity index (χ1n) is 5.73. The van der Waals surface area contributed by atoms with Crippen molar-refractivity contribution in [3.8, 4) is 0 Å². The molecule has 3 rings (SSSR count). The molecule has 0 aromatic rings. The molecule has 1 unspecified atom stereocenters. The zero-order valence-electron chi connectivity index (χ0n) is 9.06. The van der Waals surface area contributed by atoms with Crippen molar-refractivity contribution in [3.05, 3.63) is 0 Å². The smallest absolute Gasteiger partial charge is 0.192 e. The van der Waals surface area contributed by atoms with Gasteiger partial charge in [0.1, 0.15) is 0 Å². The molecular weight excluding hydrogens is 174 g/mol. The number of guanidine groups is 1. The van der Waals surface area contributed by atoms with Crippen LogP contribution >= 0.6 is 0 Å². The average Bonchev–Trinajstić information content (AvgIpc) is 3.00. The summed E-state index contributed by atoms with van der Waals surface area (Å²) in [6, 6.07) is 0.514. The van der Waals surface area contributed by atoms with E-state index in [1.165, 1.54) is 25.7 Å². The summed E-state index contributed by atoms with van der Waals surface area (Å²) in [6.07, 6.45) is 5.45. The van der Waals surface area contributed by atoms with Crippen molar-refractivity contribution < 1.29 is 0 Å². The molecule has 78 valence electrons. The van der Waals surface area contributed by atoms with Gasteiger partial charge in [0.15, 0.2) is 5.96 Å². The quantitative estimate of drug-likeness (QED) is 0.692. The molecule has 3 heteroatoms. The van der Waals surface area contributed by atoms with Crippen LogP contribution in [0.2, 0.25) is 0 Å². The van der Waals surface area contributed by atoms with Crippen LogP contribution in [0.15, 0.2) is 4.99 Å². The van der Waals surface area contributed by atoms with E-state index in [0.29, 0.717) is 17.0 Å². The second-order valence-corrected chi connectivity index (χ2v) is 5.50. The SMILES string of the molecule is CC1CN=C(NC2(C3(C)CC3)CC2)N1. The van der Waals surface area contributed by atoms with Gasteiger partial charge in [0.25, 0.3) is 0 Å². The van der Waals surface area contributed by atoms with Crippen molar-refractivity contribution in [2.24, 2.45) is 10.4 Å². The molecule has 2 N–H and O–H groups in total. The summed E-state index contributed by atoms with van der Waals surface area (Å²) in [5, 5.41) is 7.03. The Morgan fingerprint density at radius 3 is 2.50 bits per heavy atom. The fraction of sp³-hybridized carbons (Fsp3) is 0.909. The Morgan fingerprint density at radius 2 is 2.07 bits per heavy atom. The third kappa shape index (κ3) is 1.14. The maximum absolute atomic E-state index is 4.48. The van der Waals surface area contributed by atoms with Crippen molar-refractivity contribution in [1.82, 2.24) is 10.6 Å². The number of hydrogen-bond acceptors (Lipinski definition) is 3. The van der Waals surface area contributed by atoms with Crippen LogP contribution in [0.4, 0.5) is 0 Å². The van der Waals surface area contributed by atoms with Crippen molar-refractivity contribution in [3.63, 3.8) is 0 Å². The van der Waals surface area contributed by atoms with Crippen LogP contribution in [0, 0.1) is 5.41 Å². The minimum Gasteiger partial charge on any atom is -0.352 e. The topological polar surface area (TPSA) is 36.4 Å². The highest BCUT2D eigenvalue weighted by Crippen LogP contribution is 2.63. The van der Waals surface area contributed by atoms with E-state index >= 15 is 0 Å². The average molecular weight is 193 g/mol. The Labute approximate surface area is 85.4 Å². The summed E-state index contributed by atoms with van der Waals surface area (Å²) in [4.78, 5) is 4.48.